The molecule has 1 fully saturated rings. The van der Waals surface area contributed by atoms with Gasteiger partial charge in [-0.2, -0.15) is 0 Å². The van der Waals surface area contributed by atoms with Crippen LogP contribution in [0.25, 0.3) is 0 Å². The maximum Gasteiger partial charge on any atom is 0.0520 e. The van der Waals surface area contributed by atoms with E-state index in [2.05, 4.69) is 67.1 Å². The summed E-state index contributed by atoms with van der Waals surface area (Å²) >= 11 is 4.49. The molecule has 0 spiro atoms. The predicted octanol–water partition coefficient (Wildman–Crippen LogP) is 3.21. The van der Waals surface area contributed by atoms with Crippen molar-refractivity contribution in [3.63, 3.8) is 0 Å². The third kappa shape index (κ3) is 3.02. The third-order valence-corrected chi connectivity index (χ3v) is 5.31. The van der Waals surface area contributed by atoms with Crippen molar-refractivity contribution in [2.24, 2.45) is 5.92 Å². The van der Waals surface area contributed by atoms with Gasteiger partial charge in [0.05, 0.1) is 9.30 Å². The number of hydrogen-bond acceptors (Lipinski definition) is 2. The first-order valence-electron chi connectivity index (χ1n) is 4.97. The lowest BCUT2D eigenvalue weighted by atomic mass is 9.95. The second kappa shape index (κ2) is 5.59. The standard InChI is InChI=1S/C11H18INS/c1-5-6-10(12)11-7(2)8(3)14-9(4)13-11/h6-11,13H,1H2,2-4H3/t7-,8?,9?,10?,11?/m0/s1. The highest BCUT2D eigenvalue weighted by molar-refractivity contribution is 14.1. The van der Waals surface area contributed by atoms with Crippen LogP contribution in [-0.4, -0.2) is 20.6 Å². The van der Waals surface area contributed by atoms with Crippen molar-refractivity contribution < 1.29 is 0 Å². The predicted molar refractivity (Wildman–Crippen MR) is 74.1 cm³/mol. The van der Waals surface area contributed by atoms with Crippen molar-refractivity contribution in [3.05, 3.63) is 18.4 Å². The first-order valence-corrected chi connectivity index (χ1v) is 7.16. The van der Waals surface area contributed by atoms with Gasteiger partial charge in [0.25, 0.3) is 0 Å². The zero-order chi connectivity index (χ0) is 10.7. The SMILES string of the molecule is C=C=CC(I)C1NC(C)SC(C)[C@@H]1C. The number of alkyl halides is 1. The van der Waals surface area contributed by atoms with Crippen molar-refractivity contribution in [1.29, 1.82) is 0 Å². The van der Waals surface area contributed by atoms with Gasteiger partial charge in [0.2, 0.25) is 0 Å². The molecule has 3 heteroatoms. The van der Waals surface area contributed by atoms with E-state index in [9.17, 15) is 0 Å². The van der Waals surface area contributed by atoms with Crippen LogP contribution in [0.5, 0.6) is 0 Å². The Morgan fingerprint density at radius 1 is 1.50 bits per heavy atom. The molecule has 1 aliphatic heterocycles. The highest BCUT2D eigenvalue weighted by atomic mass is 127. The van der Waals surface area contributed by atoms with E-state index in [4.69, 9.17) is 0 Å². The van der Waals surface area contributed by atoms with E-state index in [1.807, 2.05) is 11.8 Å². The first-order chi connectivity index (χ1) is 6.56. The molecule has 1 aliphatic rings. The third-order valence-electron chi connectivity index (χ3n) is 2.77. The van der Waals surface area contributed by atoms with Crippen LogP contribution in [0.3, 0.4) is 0 Å². The Morgan fingerprint density at radius 2 is 2.14 bits per heavy atom. The molecule has 14 heavy (non-hydrogen) atoms. The molecule has 0 amide bonds. The lowest BCUT2D eigenvalue weighted by Crippen LogP contribution is -2.51. The van der Waals surface area contributed by atoms with Gasteiger partial charge in [-0.05, 0) is 18.9 Å². The van der Waals surface area contributed by atoms with Gasteiger partial charge in [0.15, 0.2) is 0 Å². The van der Waals surface area contributed by atoms with E-state index in [-0.39, 0.29) is 0 Å². The normalized spacial score (nSPS) is 40.0. The molecule has 1 N–H and O–H groups in total. The average Bonchev–Trinajstić information content (AvgIpc) is 2.11. The molecule has 0 radical (unpaired) electrons. The highest BCUT2D eigenvalue weighted by Crippen LogP contribution is 2.33. The summed E-state index contributed by atoms with van der Waals surface area (Å²) in [5, 5.41) is 4.92. The molecule has 4 unspecified atom stereocenters. The van der Waals surface area contributed by atoms with Gasteiger partial charge < -0.3 is 5.32 Å². The van der Waals surface area contributed by atoms with Gasteiger partial charge in [-0.15, -0.1) is 17.5 Å². The van der Waals surface area contributed by atoms with Crippen molar-refractivity contribution in [2.45, 2.75) is 41.4 Å². The van der Waals surface area contributed by atoms with Gasteiger partial charge in [-0.3, -0.25) is 0 Å². The van der Waals surface area contributed by atoms with Gasteiger partial charge >= 0.3 is 0 Å². The zero-order valence-electron chi connectivity index (χ0n) is 8.96. The van der Waals surface area contributed by atoms with E-state index < -0.39 is 0 Å². The minimum absolute atomic E-state index is 0.492. The summed E-state index contributed by atoms with van der Waals surface area (Å²) in [7, 11) is 0. The topological polar surface area (TPSA) is 12.0 Å². The van der Waals surface area contributed by atoms with Crippen molar-refractivity contribution >= 4 is 34.4 Å². The molecule has 0 saturated carbocycles. The number of rotatable bonds is 2. The molecule has 0 bridgehead atoms. The fourth-order valence-electron chi connectivity index (χ4n) is 1.80. The lowest BCUT2D eigenvalue weighted by molar-refractivity contribution is 0.366. The van der Waals surface area contributed by atoms with E-state index in [1.165, 1.54) is 0 Å². The smallest absolute Gasteiger partial charge is 0.0520 e. The fourth-order valence-corrected chi connectivity index (χ4v) is 4.21. The summed E-state index contributed by atoms with van der Waals surface area (Å²) in [5.74, 6) is 0.697. The molecule has 1 heterocycles. The Bertz CT molecular complexity index is 237. The van der Waals surface area contributed by atoms with Crippen LogP contribution in [0.15, 0.2) is 18.4 Å². The molecule has 1 rings (SSSR count). The number of thioether (sulfide) groups is 1. The number of nitrogens with one attached hydrogen (secondary N) is 1. The van der Waals surface area contributed by atoms with E-state index in [0.29, 0.717) is 21.3 Å². The number of halogens is 1. The molecule has 0 aromatic carbocycles. The minimum atomic E-state index is 0.492. The van der Waals surface area contributed by atoms with Gasteiger partial charge in [-0.1, -0.05) is 43.0 Å². The Kier molecular flexibility index (Phi) is 5.04. The Morgan fingerprint density at radius 3 is 2.71 bits per heavy atom. The second-order valence-electron chi connectivity index (χ2n) is 3.85. The molecule has 0 aliphatic carbocycles. The van der Waals surface area contributed by atoms with Crippen LogP contribution >= 0.6 is 34.4 Å². The molecule has 0 aromatic rings. The second-order valence-corrected chi connectivity index (χ2v) is 7.01. The van der Waals surface area contributed by atoms with Gasteiger partial charge in [0.1, 0.15) is 0 Å². The minimum Gasteiger partial charge on any atom is -0.301 e. The van der Waals surface area contributed by atoms with Crippen molar-refractivity contribution in [1.82, 2.24) is 5.32 Å². The summed E-state index contributed by atoms with van der Waals surface area (Å²) in [6, 6.07) is 0.552. The Labute approximate surface area is 105 Å². The van der Waals surface area contributed by atoms with Crippen LogP contribution in [-0.2, 0) is 0 Å². The van der Waals surface area contributed by atoms with Crippen LogP contribution in [0.2, 0.25) is 0 Å². The fraction of sp³-hybridized carbons (Fsp3) is 0.727. The van der Waals surface area contributed by atoms with E-state index >= 15 is 0 Å². The molecular formula is C11H18INS. The quantitative estimate of drug-likeness (QED) is 0.476. The summed E-state index contributed by atoms with van der Waals surface area (Å²) in [6.45, 7) is 10.5. The Hall–Kier alpha value is 0.560. The average molecular weight is 323 g/mol. The molecule has 80 valence electrons. The molecule has 0 aromatic heterocycles. The van der Waals surface area contributed by atoms with Crippen molar-refractivity contribution in [2.75, 3.05) is 0 Å². The van der Waals surface area contributed by atoms with Crippen molar-refractivity contribution in [3.8, 4) is 0 Å². The first kappa shape index (κ1) is 12.6. The number of hydrogen-bond donors (Lipinski definition) is 1. The Balaban J connectivity index is 2.70. The summed E-state index contributed by atoms with van der Waals surface area (Å²) < 4.78 is 0.492. The van der Waals surface area contributed by atoms with E-state index in [1.54, 1.807) is 0 Å². The highest BCUT2D eigenvalue weighted by Gasteiger charge is 2.33. The van der Waals surface area contributed by atoms with Gasteiger partial charge in [0, 0.05) is 11.3 Å². The summed E-state index contributed by atoms with van der Waals surface area (Å²) in [6.07, 6.45) is 2.06. The van der Waals surface area contributed by atoms with Gasteiger partial charge in [-0.25, -0.2) is 0 Å². The molecular weight excluding hydrogens is 305 g/mol. The van der Waals surface area contributed by atoms with Crippen LogP contribution in [0, 0.1) is 5.92 Å². The van der Waals surface area contributed by atoms with E-state index in [0.717, 1.165) is 5.25 Å². The summed E-state index contributed by atoms with van der Waals surface area (Å²) in [5.41, 5.74) is 2.89. The molecule has 1 nitrogen and oxygen atoms in total. The summed E-state index contributed by atoms with van der Waals surface area (Å²) in [4.78, 5) is 0. The monoisotopic (exact) mass is 323 g/mol. The van der Waals surface area contributed by atoms with Crippen LogP contribution in [0.1, 0.15) is 20.8 Å². The van der Waals surface area contributed by atoms with Crippen LogP contribution in [0.4, 0.5) is 0 Å². The molecule has 1 saturated heterocycles. The largest absolute Gasteiger partial charge is 0.301 e. The maximum absolute atomic E-state index is 3.64. The zero-order valence-corrected chi connectivity index (χ0v) is 11.9. The maximum atomic E-state index is 3.64. The lowest BCUT2D eigenvalue weighted by Gasteiger charge is -2.40. The molecule has 5 atom stereocenters. The van der Waals surface area contributed by atoms with Crippen LogP contribution < -0.4 is 5.32 Å².